The summed E-state index contributed by atoms with van der Waals surface area (Å²) in [5.41, 5.74) is 7.41. The molecule has 0 aromatic heterocycles. The first kappa shape index (κ1) is 18.4. The van der Waals surface area contributed by atoms with Gasteiger partial charge in [0.2, 0.25) is 11.8 Å². The topological polar surface area (TPSA) is 61.4 Å². The molecule has 3 aliphatic rings. The van der Waals surface area contributed by atoms with E-state index in [0.29, 0.717) is 24.6 Å². The molecule has 2 N–H and O–H groups in total. The Bertz CT molecular complexity index is 723. The summed E-state index contributed by atoms with van der Waals surface area (Å²) in [6.07, 6.45) is 8.28. The van der Waals surface area contributed by atoms with Crippen molar-refractivity contribution in [3.8, 4) is 0 Å². The Kier molecular flexibility index (Phi) is 5.43. The average Bonchev–Trinajstić information content (AvgIpc) is 2.90. The second kappa shape index (κ2) is 7.97. The molecule has 3 unspecified atom stereocenters. The molecule has 1 aromatic carbocycles. The quantitative estimate of drug-likeness (QED) is 0.856. The molecule has 0 spiro atoms. The van der Waals surface area contributed by atoms with Crippen LogP contribution in [0.1, 0.15) is 56.9 Å². The number of fused-ring (bicyclic) bond motifs is 1. The van der Waals surface area contributed by atoms with Gasteiger partial charge in [-0.25, -0.2) is 9.82 Å². The zero-order valence-corrected chi connectivity index (χ0v) is 15.7. The van der Waals surface area contributed by atoms with Crippen LogP contribution in [0.4, 0.5) is 10.1 Å². The van der Waals surface area contributed by atoms with E-state index in [1.807, 2.05) is 6.07 Å². The van der Waals surface area contributed by atoms with Crippen LogP contribution in [0.2, 0.25) is 0 Å². The number of carbonyl (C=O) groups is 2. The highest BCUT2D eigenvalue weighted by molar-refractivity contribution is 5.93. The van der Waals surface area contributed by atoms with Gasteiger partial charge in [-0.2, -0.15) is 0 Å². The summed E-state index contributed by atoms with van der Waals surface area (Å²) in [6.45, 7) is 0.585. The first-order chi connectivity index (χ1) is 13.1. The highest BCUT2D eigenvalue weighted by atomic mass is 19.1. The van der Waals surface area contributed by atoms with Crippen molar-refractivity contribution in [2.24, 2.45) is 11.8 Å². The molecule has 4 rings (SSSR count). The van der Waals surface area contributed by atoms with Gasteiger partial charge in [-0.3, -0.25) is 15.0 Å². The third-order valence-electron chi connectivity index (χ3n) is 6.38. The summed E-state index contributed by atoms with van der Waals surface area (Å²) >= 11 is 0. The van der Waals surface area contributed by atoms with E-state index in [1.165, 1.54) is 6.07 Å². The molecule has 1 aromatic rings. The first-order valence-corrected chi connectivity index (χ1v) is 10.3. The van der Waals surface area contributed by atoms with Crippen molar-refractivity contribution in [2.45, 2.75) is 63.8 Å². The highest BCUT2D eigenvalue weighted by Crippen LogP contribution is 2.36. The van der Waals surface area contributed by atoms with E-state index in [9.17, 15) is 14.0 Å². The fourth-order valence-electron chi connectivity index (χ4n) is 4.92. The number of hydrazine groups is 1. The normalized spacial score (nSPS) is 29.1. The predicted molar refractivity (Wildman–Crippen MR) is 101 cm³/mol. The Morgan fingerprint density at radius 2 is 1.93 bits per heavy atom. The van der Waals surface area contributed by atoms with E-state index in [0.717, 1.165) is 56.9 Å². The highest BCUT2D eigenvalue weighted by Gasteiger charge is 2.39. The molecule has 2 heterocycles. The monoisotopic (exact) mass is 373 g/mol. The molecule has 1 saturated carbocycles. The van der Waals surface area contributed by atoms with Gasteiger partial charge in [-0.1, -0.05) is 25.3 Å². The van der Waals surface area contributed by atoms with E-state index in [1.54, 1.807) is 11.0 Å². The minimum Gasteiger partial charge on any atom is -0.310 e. The maximum absolute atomic E-state index is 14.5. The van der Waals surface area contributed by atoms with Gasteiger partial charge < -0.3 is 4.90 Å². The molecule has 2 saturated heterocycles. The van der Waals surface area contributed by atoms with Crippen LogP contribution >= 0.6 is 0 Å². The van der Waals surface area contributed by atoms with Crippen molar-refractivity contribution in [1.82, 2.24) is 10.9 Å². The fourth-order valence-corrected chi connectivity index (χ4v) is 4.92. The zero-order chi connectivity index (χ0) is 18.8. The van der Waals surface area contributed by atoms with Gasteiger partial charge in [0.25, 0.3) is 0 Å². The standard InChI is InChI=1S/C21H28FN3O2/c22-17-10-9-14(13-19(17)25-11-5-1-2-8-20(25)26)12-18-15-6-3-4-7-16(15)21(27)24-23-18/h9-10,13,15-16,18,23H,1-8,11-12H2,(H,24,27). The Balaban J connectivity index is 1.54. The molecule has 0 radical (unpaired) electrons. The van der Waals surface area contributed by atoms with Crippen molar-refractivity contribution in [2.75, 3.05) is 11.4 Å². The van der Waals surface area contributed by atoms with Crippen molar-refractivity contribution in [3.63, 3.8) is 0 Å². The molecule has 27 heavy (non-hydrogen) atoms. The summed E-state index contributed by atoms with van der Waals surface area (Å²) < 4.78 is 14.5. The molecule has 3 atom stereocenters. The SMILES string of the molecule is O=C1NNC(Cc2ccc(F)c(N3CCCCCC3=O)c2)C2CCCCC12. The van der Waals surface area contributed by atoms with E-state index in [2.05, 4.69) is 10.9 Å². The number of carbonyl (C=O) groups excluding carboxylic acids is 2. The number of anilines is 1. The second-order valence-electron chi connectivity index (χ2n) is 8.14. The molecule has 2 aliphatic heterocycles. The third kappa shape index (κ3) is 3.86. The van der Waals surface area contributed by atoms with Crippen molar-refractivity contribution >= 4 is 17.5 Å². The number of nitrogens with one attached hydrogen (secondary N) is 2. The smallest absolute Gasteiger partial charge is 0.237 e. The van der Waals surface area contributed by atoms with Crippen LogP contribution in [0.25, 0.3) is 0 Å². The number of benzene rings is 1. The van der Waals surface area contributed by atoms with Crippen LogP contribution in [0.3, 0.4) is 0 Å². The van der Waals surface area contributed by atoms with Crippen LogP contribution in [0.5, 0.6) is 0 Å². The number of hydrogen-bond donors (Lipinski definition) is 2. The predicted octanol–water partition coefficient (Wildman–Crippen LogP) is 3.08. The lowest BCUT2D eigenvalue weighted by molar-refractivity contribution is -0.133. The van der Waals surface area contributed by atoms with Crippen molar-refractivity contribution in [1.29, 1.82) is 0 Å². The van der Waals surface area contributed by atoms with Gasteiger partial charge in [0, 0.05) is 24.9 Å². The second-order valence-corrected chi connectivity index (χ2v) is 8.14. The van der Waals surface area contributed by atoms with Crippen molar-refractivity contribution in [3.05, 3.63) is 29.6 Å². The van der Waals surface area contributed by atoms with Crippen LogP contribution in [0, 0.1) is 17.7 Å². The van der Waals surface area contributed by atoms with Gasteiger partial charge in [0.1, 0.15) is 5.82 Å². The van der Waals surface area contributed by atoms with Gasteiger partial charge in [0.15, 0.2) is 0 Å². The fraction of sp³-hybridized carbons (Fsp3) is 0.619. The number of hydrogen-bond acceptors (Lipinski definition) is 3. The maximum Gasteiger partial charge on any atom is 0.237 e. The Labute approximate surface area is 159 Å². The average molecular weight is 373 g/mol. The summed E-state index contributed by atoms with van der Waals surface area (Å²) in [4.78, 5) is 26.1. The molecule has 5 nitrogen and oxygen atoms in total. The molecule has 3 fully saturated rings. The van der Waals surface area contributed by atoms with Gasteiger partial charge in [-0.15, -0.1) is 0 Å². The lowest BCUT2D eigenvalue weighted by Gasteiger charge is -2.41. The summed E-state index contributed by atoms with van der Waals surface area (Å²) in [5, 5.41) is 0. The molecular weight excluding hydrogens is 345 g/mol. The minimum absolute atomic E-state index is 0.0129. The summed E-state index contributed by atoms with van der Waals surface area (Å²) in [6, 6.07) is 5.25. The van der Waals surface area contributed by atoms with E-state index < -0.39 is 0 Å². The van der Waals surface area contributed by atoms with Crippen molar-refractivity contribution < 1.29 is 14.0 Å². The van der Waals surface area contributed by atoms with Gasteiger partial charge in [0.05, 0.1) is 5.69 Å². The number of halogens is 1. The first-order valence-electron chi connectivity index (χ1n) is 10.3. The Morgan fingerprint density at radius 3 is 2.81 bits per heavy atom. The Hall–Kier alpha value is -1.95. The Morgan fingerprint density at radius 1 is 1.07 bits per heavy atom. The van der Waals surface area contributed by atoms with Crippen LogP contribution in [-0.2, 0) is 16.0 Å². The number of rotatable bonds is 3. The van der Waals surface area contributed by atoms with E-state index >= 15 is 0 Å². The van der Waals surface area contributed by atoms with Gasteiger partial charge in [-0.05, 0) is 55.7 Å². The molecular formula is C21H28FN3O2. The molecule has 0 bridgehead atoms. The lowest BCUT2D eigenvalue weighted by Crippen LogP contribution is -2.60. The van der Waals surface area contributed by atoms with Crippen LogP contribution in [0.15, 0.2) is 18.2 Å². The molecule has 2 amide bonds. The van der Waals surface area contributed by atoms with Gasteiger partial charge >= 0.3 is 0 Å². The maximum atomic E-state index is 14.5. The molecule has 146 valence electrons. The zero-order valence-electron chi connectivity index (χ0n) is 15.7. The van der Waals surface area contributed by atoms with Crippen LogP contribution < -0.4 is 15.8 Å². The van der Waals surface area contributed by atoms with E-state index in [-0.39, 0.29) is 29.6 Å². The number of amides is 2. The lowest BCUT2D eigenvalue weighted by atomic mass is 9.72. The number of nitrogens with zero attached hydrogens (tertiary/aromatic N) is 1. The van der Waals surface area contributed by atoms with Crippen LogP contribution in [-0.4, -0.2) is 24.4 Å². The third-order valence-corrected chi connectivity index (χ3v) is 6.38. The molecule has 1 aliphatic carbocycles. The summed E-state index contributed by atoms with van der Waals surface area (Å²) in [5.74, 6) is 0.178. The van der Waals surface area contributed by atoms with E-state index in [4.69, 9.17) is 0 Å². The largest absolute Gasteiger partial charge is 0.310 e. The summed E-state index contributed by atoms with van der Waals surface area (Å²) in [7, 11) is 0. The molecule has 6 heteroatoms. The minimum atomic E-state index is -0.338.